The molecule has 0 unspecified atom stereocenters. The van der Waals surface area contributed by atoms with Crippen LogP contribution < -0.4 is 0 Å². The van der Waals surface area contributed by atoms with Crippen molar-refractivity contribution in [3.8, 4) is 34.6 Å². The standard InChI is InChI=1S/C38H22N4/c39-23-25-15-17-37-33(19-25)31-11-1-3-13-35(31)41(37)29-9-5-7-27(21-29)28-8-6-10-30(22-28)42-36-14-4-2-12-32(36)34-20-26(24-40)16-18-38(34)42/h1-22H. The Morgan fingerprint density at radius 2 is 0.810 bits per heavy atom. The van der Waals surface area contributed by atoms with E-state index in [2.05, 4.69) is 106 Å². The Morgan fingerprint density at radius 3 is 1.26 bits per heavy atom. The van der Waals surface area contributed by atoms with Crippen molar-refractivity contribution >= 4 is 43.6 Å². The first-order valence-electron chi connectivity index (χ1n) is 13.8. The van der Waals surface area contributed by atoms with Crippen LogP contribution in [0.25, 0.3) is 66.1 Å². The van der Waals surface area contributed by atoms with E-state index in [9.17, 15) is 10.5 Å². The topological polar surface area (TPSA) is 57.4 Å². The van der Waals surface area contributed by atoms with Gasteiger partial charge in [0.05, 0.1) is 45.3 Å². The van der Waals surface area contributed by atoms with E-state index in [4.69, 9.17) is 0 Å². The highest BCUT2D eigenvalue weighted by molar-refractivity contribution is 6.10. The molecule has 4 nitrogen and oxygen atoms in total. The molecule has 0 saturated carbocycles. The minimum Gasteiger partial charge on any atom is -0.309 e. The van der Waals surface area contributed by atoms with Crippen molar-refractivity contribution in [1.29, 1.82) is 10.5 Å². The van der Waals surface area contributed by atoms with Crippen LogP contribution in [0.5, 0.6) is 0 Å². The van der Waals surface area contributed by atoms with Gasteiger partial charge in [-0.2, -0.15) is 10.5 Å². The molecule has 0 radical (unpaired) electrons. The lowest BCUT2D eigenvalue weighted by Gasteiger charge is -2.12. The van der Waals surface area contributed by atoms with Crippen molar-refractivity contribution in [3.05, 3.63) is 145 Å². The molecule has 0 spiro atoms. The normalized spacial score (nSPS) is 11.3. The molecule has 0 bridgehead atoms. The SMILES string of the molecule is N#Cc1ccc2c(c1)c1ccccc1n2-c1cccc(-c2cccc(-n3c4ccccc4c4cc(C#N)ccc43)c2)c1. The van der Waals surface area contributed by atoms with Gasteiger partial charge in [-0.05, 0) is 83.9 Å². The molecule has 0 atom stereocenters. The smallest absolute Gasteiger partial charge is 0.0991 e. The number of para-hydroxylation sites is 2. The van der Waals surface area contributed by atoms with Crippen molar-refractivity contribution < 1.29 is 0 Å². The maximum atomic E-state index is 9.52. The van der Waals surface area contributed by atoms with Crippen molar-refractivity contribution in [1.82, 2.24) is 9.13 Å². The number of fused-ring (bicyclic) bond motifs is 6. The second-order valence-electron chi connectivity index (χ2n) is 10.5. The summed E-state index contributed by atoms with van der Waals surface area (Å²) in [6.07, 6.45) is 0. The Kier molecular flexibility index (Phi) is 5.22. The van der Waals surface area contributed by atoms with Crippen LogP contribution in [0.4, 0.5) is 0 Å². The van der Waals surface area contributed by atoms with Gasteiger partial charge in [-0.3, -0.25) is 0 Å². The van der Waals surface area contributed by atoms with Crippen molar-refractivity contribution in [3.63, 3.8) is 0 Å². The minimum absolute atomic E-state index is 0.657. The zero-order valence-corrected chi connectivity index (χ0v) is 22.5. The summed E-state index contributed by atoms with van der Waals surface area (Å²) in [5, 5.41) is 23.4. The van der Waals surface area contributed by atoms with Crippen LogP contribution in [0.3, 0.4) is 0 Å². The average Bonchev–Trinajstić information content (AvgIpc) is 3.57. The summed E-state index contributed by atoms with van der Waals surface area (Å²) in [6.45, 7) is 0. The number of hydrogen-bond donors (Lipinski definition) is 0. The third kappa shape index (κ3) is 3.53. The van der Waals surface area contributed by atoms with Crippen molar-refractivity contribution in [2.24, 2.45) is 0 Å². The first-order chi connectivity index (χ1) is 20.7. The summed E-state index contributed by atoms with van der Waals surface area (Å²) in [5.41, 5.74) is 10.0. The molecule has 0 amide bonds. The Hall–Kier alpha value is -6.10. The lowest BCUT2D eigenvalue weighted by Crippen LogP contribution is -1.96. The summed E-state index contributed by atoms with van der Waals surface area (Å²) in [5.74, 6) is 0. The molecule has 0 N–H and O–H groups in total. The van der Waals surface area contributed by atoms with Crippen LogP contribution in [0, 0.1) is 22.7 Å². The van der Waals surface area contributed by atoms with Gasteiger partial charge >= 0.3 is 0 Å². The zero-order chi connectivity index (χ0) is 28.2. The quantitative estimate of drug-likeness (QED) is 0.227. The number of aromatic nitrogens is 2. The summed E-state index contributed by atoms with van der Waals surface area (Å²) in [4.78, 5) is 0. The van der Waals surface area contributed by atoms with Gasteiger partial charge in [0.2, 0.25) is 0 Å². The number of nitrogens with zero attached hydrogens (tertiary/aromatic N) is 4. The molecule has 6 aromatic carbocycles. The molecule has 8 rings (SSSR count). The summed E-state index contributed by atoms with van der Waals surface area (Å²) >= 11 is 0. The highest BCUT2D eigenvalue weighted by atomic mass is 15.0. The lowest BCUT2D eigenvalue weighted by atomic mass is 10.0. The highest BCUT2D eigenvalue weighted by Gasteiger charge is 2.15. The molecular formula is C38H22N4. The fourth-order valence-electron chi connectivity index (χ4n) is 6.29. The van der Waals surface area contributed by atoms with E-state index in [0.717, 1.165) is 66.1 Å². The fraction of sp³-hybridized carbons (Fsp3) is 0. The van der Waals surface area contributed by atoms with Gasteiger partial charge in [0, 0.05) is 32.9 Å². The van der Waals surface area contributed by atoms with E-state index < -0.39 is 0 Å². The number of nitriles is 2. The Morgan fingerprint density at radius 1 is 0.381 bits per heavy atom. The van der Waals surface area contributed by atoms with Gasteiger partial charge in [0.25, 0.3) is 0 Å². The largest absolute Gasteiger partial charge is 0.309 e. The Bertz CT molecular complexity index is 2270. The molecular weight excluding hydrogens is 512 g/mol. The first-order valence-corrected chi connectivity index (χ1v) is 13.8. The molecule has 0 aliphatic carbocycles. The zero-order valence-electron chi connectivity index (χ0n) is 22.5. The number of hydrogen-bond acceptors (Lipinski definition) is 2. The van der Waals surface area contributed by atoms with Gasteiger partial charge in [-0.15, -0.1) is 0 Å². The van der Waals surface area contributed by atoms with Crippen molar-refractivity contribution in [2.75, 3.05) is 0 Å². The van der Waals surface area contributed by atoms with E-state index in [-0.39, 0.29) is 0 Å². The second-order valence-corrected chi connectivity index (χ2v) is 10.5. The van der Waals surface area contributed by atoms with E-state index >= 15 is 0 Å². The lowest BCUT2D eigenvalue weighted by molar-refractivity contribution is 1.17. The molecule has 0 aliphatic rings. The van der Waals surface area contributed by atoms with Crippen LogP contribution in [0.1, 0.15) is 11.1 Å². The molecule has 0 saturated heterocycles. The van der Waals surface area contributed by atoms with Gasteiger partial charge in [-0.1, -0.05) is 60.7 Å². The molecule has 42 heavy (non-hydrogen) atoms. The van der Waals surface area contributed by atoms with Crippen LogP contribution in [0.15, 0.2) is 133 Å². The number of benzene rings is 6. The van der Waals surface area contributed by atoms with E-state index in [0.29, 0.717) is 11.1 Å². The van der Waals surface area contributed by atoms with Crippen LogP contribution in [-0.2, 0) is 0 Å². The summed E-state index contributed by atoms with van der Waals surface area (Å²) < 4.78 is 4.55. The van der Waals surface area contributed by atoms with Gasteiger partial charge in [-0.25, -0.2) is 0 Å². The molecule has 8 aromatic rings. The predicted octanol–water partition coefficient (Wildman–Crippen LogP) is 9.29. The minimum atomic E-state index is 0.657. The third-order valence-corrected chi connectivity index (χ3v) is 8.15. The highest BCUT2D eigenvalue weighted by Crippen LogP contribution is 2.36. The van der Waals surface area contributed by atoms with Crippen LogP contribution in [-0.4, -0.2) is 9.13 Å². The van der Waals surface area contributed by atoms with Gasteiger partial charge < -0.3 is 9.13 Å². The number of rotatable bonds is 3. The predicted molar refractivity (Wildman–Crippen MR) is 170 cm³/mol. The molecule has 0 fully saturated rings. The van der Waals surface area contributed by atoms with Gasteiger partial charge in [0.1, 0.15) is 0 Å². The van der Waals surface area contributed by atoms with E-state index in [1.807, 2.05) is 48.5 Å². The molecule has 2 heterocycles. The molecule has 2 aromatic heterocycles. The van der Waals surface area contributed by atoms with Crippen molar-refractivity contribution in [2.45, 2.75) is 0 Å². The Balaban J connectivity index is 1.31. The van der Waals surface area contributed by atoms with E-state index in [1.165, 1.54) is 0 Å². The second kappa shape index (κ2) is 9.24. The van der Waals surface area contributed by atoms with Crippen LogP contribution >= 0.6 is 0 Å². The van der Waals surface area contributed by atoms with Gasteiger partial charge in [0.15, 0.2) is 0 Å². The monoisotopic (exact) mass is 534 g/mol. The third-order valence-electron chi connectivity index (χ3n) is 8.15. The molecule has 0 aliphatic heterocycles. The molecule has 194 valence electrons. The Labute approximate surface area is 242 Å². The van der Waals surface area contributed by atoms with Crippen LogP contribution in [0.2, 0.25) is 0 Å². The maximum absolute atomic E-state index is 9.52. The molecule has 4 heteroatoms. The van der Waals surface area contributed by atoms with E-state index in [1.54, 1.807) is 0 Å². The average molecular weight is 535 g/mol. The summed E-state index contributed by atoms with van der Waals surface area (Å²) in [6, 6.07) is 50.3. The summed E-state index contributed by atoms with van der Waals surface area (Å²) in [7, 11) is 0. The maximum Gasteiger partial charge on any atom is 0.0991 e. The fourth-order valence-corrected chi connectivity index (χ4v) is 6.29. The first kappa shape index (κ1) is 23.8.